The first-order chi connectivity index (χ1) is 10.2. The first-order valence-electron chi connectivity index (χ1n) is 7.03. The number of hydrogen-bond donors (Lipinski definition) is 4. The lowest BCUT2D eigenvalue weighted by molar-refractivity contribution is 0.304. The van der Waals surface area contributed by atoms with Gasteiger partial charge >= 0.3 is 0 Å². The molecule has 5 nitrogen and oxygen atoms in total. The van der Waals surface area contributed by atoms with Gasteiger partial charge in [-0.3, -0.25) is 0 Å². The fraction of sp³-hybridized carbons (Fsp3) is 0.250. The van der Waals surface area contributed by atoms with Crippen LogP contribution in [0.1, 0.15) is 28.4 Å². The van der Waals surface area contributed by atoms with Crippen molar-refractivity contribution in [2.45, 2.75) is 26.6 Å². The number of hydrazine groups is 3. The molecule has 0 saturated carbocycles. The minimum Gasteiger partial charge on any atom is -0.489 e. The van der Waals surface area contributed by atoms with Crippen molar-refractivity contribution in [1.82, 2.24) is 21.9 Å². The topological polar surface area (TPSA) is 57.4 Å². The summed E-state index contributed by atoms with van der Waals surface area (Å²) in [7, 11) is 0. The van der Waals surface area contributed by atoms with E-state index in [4.69, 9.17) is 4.74 Å². The highest BCUT2D eigenvalue weighted by atomic mass is 16.5. The van der Waals surface area contributed by atoms with Crippen LogP contribution >= 0.6 is 0 Å². The summed E-state index contributed by atoms with van der Waals surface area (Å²) in [6.45, 7) is 4.82. The van der Waals surface area contributed by atoms with Crippen molar-refractivity contribution in [3.05, 3.63) is 64.7 Å². The largest absolute Gasteiger partial charge is 0.489 e. The Hall–Kier alpha value is -1.92. The fourth-order valence-electron chi connectivity index (χ4n) is 2.44. The van der Waals surface area contributed by atoms with Gasteiger partial charge in [0.25, 0.3) is 0 Å². The van der Waals surface area contributed by atoms with Gasteiger partial charge in [0.15, 0.2) is 0 Å². The third-order valence-electron chi connectivity index (χ3n) is 3.71. The van der Waals surface area contributed by atoms with E-state index in [2.05, 4.69) is 54.0 Å². The Balaban J connectivity index is 1.72. The number of nitrogens with one attached hydrogen (secondary N) is 4. The van der Waals surface area contributed by atoms with Crippen LogP contribution < -0.4 is 26.7 Å². The second-order valence-corrected chi connectivity index (χ2v) is 5.20. The molecule has 3 rings (SSSR count). The van der Waals surface area contributed by atoms with Gasteiger partial charge in [-0.1, -0.05) is 30.3 Å². The van der Waals surface area contributed by atoms with Gasteiger partial charge in [0, 0.05) is 0 Å². The van der Waals surface area contributed by atoms with Crippen molar-refractivity contribution in [3.8, 4) is 5.75 Å². The molecule has 0 aromatic heterocycles. The first kappa shape index (κ1) is 14.0. The van der Waals surface area contributed by atoms with Gasteiger partial charge in [0.05, 0.1) is 0 Å². The van der Waals surface area contributed by atoms with Gasteiger partial charge in [0.1, 0.15) is 18.5 Å². The number of rotatable bonds is 4. The number of hydrogen-bond acceptors (Lipinski definition) is 5. The van der Waals surface area contributed by atoms with Crippen LogP contribution in [-0.2, 0) is 6.61 Å². The second kappa shape index (κ2) is 6.24. The Morgan fingerprint density at radius 1 is 0.952 bits per heavy atom. The molecule has 0 radical (unpaired) electrons. The lowest BCUT2D eigenvalue weighted by Crippen LogP contribution is -2.33. The van der Waals surface area contributed by atoms with Crippen molar-refractivity contribution in [2.24, 2.45) is 0 Å². The van der Waals surface area contributed by atoms with E-state index in [1.165, 1.54) is 16.7 Å². The molecule has 0 aliphatic carbocycles. The minimum atomic E-state index is 0.0220. The summed E-state index contributed by atoms with van der Waals surface area (Å²) in [5.74, 6) is 0.866. The van der Waals surface area contributed by atoms with Crippen molar-refractivity contribution >= 4 is 0 Å². The predicted molar refractivity (Wildman–Crippen MR) is 82.0 cm³/mol. The smallest absolute Gasteiger partial charge is 0.120 e. The van der Waals surface area contributed by atoms with E-state index < -0.39 is 0 Å². The molecule has 1 heterocycles. The van der Waals surface area contributed by atoms with Crippen LogP contribution in [0.5, 0.6) is 5.75 Å². The summed E-state index contributed by atoms with van der Waals surface area (Å²) in [6, 6.07) is 14.4. The maximum atomic E-state index is 5.96. The Bertz CT molecular complexity index is 603. The summed E-state index contributed by atoms with van der Waals surface area (Å²) >= 11 is 0. The van der Waals surface area contributed by atoms with Gasteiger partial charge < -0.3 is 4.74 Å². The number of benzene rings is 2. The Morgan fingerprint density at radius 2 is 1.62 bits per heavy atom. The maximum absolute atomic E-state index is 5.96. The van der Waals surface area contributed by atoms with Crippen LogP contribution in [-0.4, -0.2) is 0 Å². The van der Waals surface area contributed by atoms with Crippen LogP contribution in [0.3, 0.4) is 0 Å². The molecule has 0 spiro atoms. The molecule has 2 aromatic carbocycles. The summed E-state index contributed by atoms with van der Waals surface area (Å²) in [5.41, 5.74) is 16.6. The minimum absolute atomic E-state index is 0.0220. The lowest BCUT2D eigenvalue weighted by atomic mass is 10.0. The van der Waals surface area contributed by atoms with Crippen LogP contribution in [0, 0.1) is 13.8 Å². The Labute approximate surface area is 124 Å². The second-order valence-electron chi connectivity index (χ2n) is 5.20. The normalized spacial score (nSPS) is 15.3. The Kier molecular flexibility index (Phi) is 4.17. The highest BCUT2D eigenvalue weighted by Crippen LogP contribution is 2.21. The van der Waals surface area contributed by atoms with Gasteiger partial charge in [-0.25, -0.2) is 10.9 Å². The van der Waals surface area contributed by atoms with E-state index in [0.717, 1.165) is 11.3 Å². The molecule has 21 heavy (non-hydrogen) atoms. The van der Waals surface area contributed by atoms with Crippen molar-refractivity contribution in [1.29, 1.82) is 0 Å². The third kappa shape index (κ3) is 3.22. The van der Waals surface area contributed by atoms with Crippen LogP contribution in [0.15, 0.2) is 42.5 Å². The summed E-state index contributed by atoms with van der Waals surface area (Å²) in [5, 5.41) is 0. The number of ether oxygens (including phenoxy) is 1. The summed E-state index contributed by atoms with van der Waals surface area (Å²) in [6.07, 6.45) is 0.0220. The van der Waals surface area contributed by atoms with E-state index in [0.29, 0.717) is 6.61 Å². The molecule has 1 fully saturated rings. The average molecular weight is 284 g/mol. The molecule has 0 bridgehead atoms. The summed E-state index contributed by atoms with van der Waals surface area (Å²) < 4.78 is 5.96. The standard InChI is InChI=1S/C16H20N4O/c1-11-5-3-6-12(2)15(11)10-21-14-8-4-7-13(9-14)16-17-19-20-18-16/h3-9,16-20H,10H2,1-2H3. The van der Waals surface area contributed by atoms with Crippen molar-refractivity contribution in [3.63, 3.8) is 0 Å². The molecule has 0 unspecified atom stereocenters. The molecule has 2 aromatic rings. The molecule has 1 aliphatic heterocycles. The monoisotopic (exact) mass is 284 g/mol. The fourth-order valence-corrected chi connectivity index (χ4v) is 2.44. The van der Waals surface area contributed by atoms with Gasteiger partial charge in [-0.2, -0.15) is 11.1 Å². The van der Waals surface area contributed by atoms with Crippen LogP contribution in [0.25, 0.3) is 0 Å². The Morgan fingerprint density at radius 3 is 2.33 bits per heavy atom. The lowest BCUT2D eigenvalue weighted by Gasteiger charge is -2.14. The SMILES string of the molecule is Cc1cccc(C)c1COc1cccc(C2NNNN2)c1. The van der Waals surface area contributed by atoms with Crippen LogP contribution in [0.4, 0.5) is 0 Å². The van der Waals surface area contributed by atoms with Gasteiger partial charge in [-0.05, 0) is 48.2 Å². The average Bonchev–Trinajstić information content (AvgIpc) is 3.01. The van der Waals surface area contributed by atoms with E-state index in [9.17, 15) is 0 Å². The predicted octanol–water partition coefficient (Wildman–Crippen LogP) is 2.00. The molecule has 1 saturated heterocycles. The number of aryl methyl sites for hydroxylation is 2. The highest BCUT2D eigenvalue weighted by molar-refractivity contribution is 5.34. The van der Waals surface area contributed by atoms with E-state index >= 15 is 0 Å². The van der Waals surface area contributed by atoms with Crippen molar-refractivity contribution < 1.29 is 4.74 Å². The van der Waals surface area contributed by atoms with Gasteiger partial charge in [-0.15, -0.1) is 0 Å². The molecular weight excluding hydrogens is 264 g/mol. The van der Waals surface area contributed by atoms with E-state index in [1.54, 1.807) is 0 Å². The molecule has 5 heteroatoms. The summed E-state index contributed by atoms with van der Waals surface area (Å²) in [4.78, 5) is 0. The first-order valence-corrected chi connectivity index (χ1v) is 7.03. The van der Waals surface area contributed by atoms with E-state index in [1.807, 2.05) is 24.3 Å². The quantitative estimate of drug-likeness (QED) is 0.692. The zero-order valence-electron chi connectivity index (χ0n) is 12.2. The zero-order chi connectivity index (χ0) is 14.7. The molecular formula is C16H20N4O. The molecule has 4 N–H and O–H groups in total. The molecule has 110 valence electrons. The zero-order valence-corrected chi connectivity index (χ0v) is 12.2. The van der Waals surface area contributed by atoms with E-state index in [-0.39, 0.29) is 6.17 Å². The molecule has 1 aliphatic rings. The van der Waals surface area contributed by atoms with Gasteiger partial charge in [0.2, 0.25) is 0 Å². The third-order valence-corrected chi connectivity index (χ3v) is 3.71. The maximum Gasteiger partial charge on any atom is 0.120 e. The van der Waals surface area contributed by atoms with Crippen LogP contribution in [0.2, 0.25) is 0 Å². The highest BCUT2D eigenvalue weighted by Gasteiger charge is 2.15. The van der Waals surface area contributed by atoms with Crippen molar-refractivity contribution in [2.75, 3.05) is 0 Å². The molecule has 0 amide bonds. The molecule has 0 atom stereocenters.